The van der Waals surface area contributed by atoms with E-state index in [1.54, 1.807) is 11.3 Å². The smallest absolute Gasteiger partial charge is 0.0897 e. The van der Waals surface area contributed by atoms with Gasteiger partial charge in [-0.3, -0.25) is 0 Å². The highest BCUT2D eigenvalue weighted by molar-refractivity contribution is 7.09. The van der Waals surface area contributed by atoms with Gasteiger partial charge in [0, 0.05) is 30.1 Å². The largest absolute Gasteiger partial charge is 0.308 e. The Bertz CT molecular complexity index is 389. The molecule has 18 heavy (non-hydrogen) atoms. The maximum atomic E-state index is 4.53. The van der Waals surface area contributed by atoms with Crippen molar-refractivity contribution in [1.82, 2.24) is 15.2 Å². The Morgan fingerprint density at radius 1 is 1.39 bits per heavy atom. The molecule has 2 aliphatic heterocycles. The van der Waals surface area contributed by atoms with Crippen LogP contribution in [0.25, 0.3) is 0 Å². The summed E-state index contributed by atoms with van der Waals surface area (Å²) >= 11 is 1.75. The van der Waals surface area contributed by atoms with Gasteiger partial charge in [0.25, 0.3) is 0 Å². The third-order valence-electron chi connectivity index (χ3n) is 4.58. The van der Waals surface area contributed by atoms with E-state index in [-0.39, 0.29) is 0 Å². The molecule has 0 aliphatic carbocycles. The lowest BCUT2D eigenvalue weighted by Crippen LogP contribution is -2.54. The minimum Gasteiger partial charge on any atom is -0.308 e. The fourth-order valence-corrected chi connectivity index (χ4v) is 4.13. The Labute approximate surface area is 114 Å². The lowest BCUT2D eigenvalue weighted by Gasteiger charge is -2.47. The van der Waals surface area contributed by atoms with E-state index < -0.39 is 0 Å². The molecule has 4 heteroatoms. The van der Waals surface area contributed by atoms with Gasteiger partial charge in [-0.2, -0.15) is 0 Å². The summed E-state index contributed by atoms with van der Waals surface area (Å²) in [5, 5.41) is 7.07. The number of hydrogen-bond donors (Lipinski definition) is 1. The number of piperidine rings is 2. The molecule has 0 aromatic carbocycles. The van der Waals surface area contributed by atoms with Gasteiger partial charge in [0.05, 0.1) is 10.7 Å². The molecule has 3 heterocycles. The summed E-state index contributed by atoms with van der Waals surface area (Å²) in [6.45, 7) is 3.02. The summed E-state index contributed by atoms with van der Waals surface area (Å²) in [5.74, 6) is 0. The first-order valence-electron chi connectivity index (χ1n) is 7.08. The van der Waals surface area contributed by atoms with E-state index in [1.165, 1.54) is 42.8 Å². The minimum absolute atomic E-state index is 0.693. The Kier molecular flexibility index (Phi) is 3.68. The molecule has 1 aromatic heterocycles. The van der Waals surface area contributed by atoms with E-state index in [0.29, 0.717) is 6.04 Å². The van der Waals surface area contributed by atoms with E-state index in [1.807, 2.05) is 0 Å². The Balaban J connectivity index is 1.55. The van der Waals surface area contributed by atoms with Crippen molar-refractivity contribution < 1.29 is 0 Å². The number of nitrogens with zero attached hydrogens (tertiary/aromatic N) is 2. The number of thiazole rings is 1. The normalized spacial score (nSPS) is 32.7. The first-order valence-corrected chi connectivity index (χ1v) is 7.96. The number of fused-ring (bicyclic) bond motifs is 2. The monoisotopic (exact) mass is 265 g/mol. The van der Waals surface area contributed by atoms with E-state index in [9.17, 15) is 0 Å². The predicted octanol–water partition coefficient (Wildman–Crippen LogP) is 2.56. The van der Waals surface area contributed by atoms with Crippen LogP contribution in [0.5, 0.6) is 0 Å². The van der Waals surface area contributed by atoms with Gasteiger partial charge in [-0.15, -0.1) is 11.3 Å². The van der Waals surface area contributed by atoms with Crippen LogP contribution in [0.4, 0.5) is 0 Å². The quantitative estimate of drug-likeness (QED) is 0.910. The zero-order chi connectivity index (χ0) is 12.5. The number of rotatable bonds is 3. The predicted molar refractivity (Wildman–Crippen MR) is 75.9 cm³/mol. The molecule has 3 nitrogen and oxygen atoms in total. The highest BCUT2D eigenvalue weighted by atomic mass is 32.1. The van der Waals surface area contributed by atoms with Crippen LogP contribution in [0.3, 0.4) is 0 Å². The van der Waals surface area contributed by atoms with Crippen molar-refractivity contribution in [2.45, 2.75) is 63.7 Å². The third kappa shape index (κ3) is 2.60. The first-order chi connectivity index (χ1) is 8.72. The van der Waals surface area contributed by atoms with Gasteiger partial charge in [0.15, 0.2) is 0 Å². The van der Waals surface area contributed by atoms with Crippen LogP contribution in [-0.2, 0) is 6.54 Å². The molecule has 1 aromatic rings. The number of hydrogen-bond acceptors (Lipinski definition) is 4. The second-order valence-corrected chi connectivity index (χ2v) is 6.87. The summed E-state index contributed by atoms with van der Waals surface area (Å²) < 4.78 is 0. The Morgan fingerprint density at radius 3 is 2.72 bits per heavy atom. The van der Waals surface area contributed by atoms with Crippen molar-refractivity contribution in [3.63, 3.8) is 0 Å². The average Bonchev–Trinajstić information content (AvgIpc) is 2.73. The molecule has 0 radical (unpaired) electrons. The lowest BCUT2D eigenvalue weighted by molar-refractivity contribution is 0.0482. The van der Waals surface area contributed by atoms with Crippen molar-refractivity contribution in [2.24, 2.45) is 0 Å². The van der Waals surface area contributed by atoms with Crippen LogP contribution >= 0.6 is 11.3 Å². The molecular weight excluding hydrogens is 242 g/mol. The molecule has 1 N–H and O–H groups in total. The molecule has 0 amide bonds. The van der Waals surface area contributed by atoms with Crippen LogP contribution in [0, 0.1) is 6.92 Å². The maximum absolute atomic E-state index is 4.53. The summed E-state index contributed by atoms with van der Waals surface area (Å²) in [4.78, 5) is 7.15. The van der Waals surface area contributed by atoms with Crippen LogP contribution in [0.2, 0.25) is 0 Å². The van der Waals surface area contributed by atoms with Crippen LogP contribution < -0.4 is 5.32 Å². The van der Waals surface area contributed by atoms with Crippen LogP contribution in [-0.4, -0.2) is 35.1 Å². The minimum atomic E-state index is 0.693. The maximum Gasteiger partial charge on any atom is 0.0897 e. The lowest BCUT2D eigenvalue weighted by atomic mass is 9.82. The van der Waals surface area contributed by atoms with E-state index >= 15 is 0 Å². The topological polar surface area (TPSA) is 28.2 Å². The molecule has 2 bridgehead atoms. The van der Waals surface area contributed by atoms with Gasteiger partial charge in [0.2, 0.25) is 0 Å². The van der Waals surface area contributed by atoms with Crippen molar-refractivity contribution in [2.75, 3.05) is 7.05 Å². The van der Waals surface area contributed by atoms with Gasteiger partial charge in [0.1, 0.15) is 0 Å². The van der Waals surface area contributed by atoms with Crippen LogP contribution in [0.15, 0.2) is 5.38 Å². The standard InChI is InChI=1S/C14H23N3S/c1-10-16-12(9-18-10)8-15-11-6-13-4-3-5-14(7-11)17(13)2/h9,11,13-15H,3-8H2,1-2H3. The average molecular weight is 265 g/mol. The van der Waals surface area contributed by atoms with Gasteiger partial charge >= 0.3 is 0 Å². The Hall–Kier alpha value is -0.450. The molecular formula is C14H23N3S. The first kappa shape index (κ1) is 12.6. The van der Waals surface area contributed by atoms with E-state index in [2.05, 4.69) is 34.6 Å². The number of nitrogens with one attached hydrogen (secondary N) is 1. The van der Waals surface area contributed by atoms with Gasteiger partial charge in [-0.1, -0.05) is 6.42 Å². The molecule has 2 fully saturated rings. The molecule has 3 rings (SSSR count). The molecule has 2 unspecified atom stereocenters. The summed E-state index contributed by atoms with van der Waals surface area (Å²) in [7, 11) is 2.31. The molecule has 2 atom stereocenters. The second-order valence-electron chi connectivity index (χ2n) is 5.81. The van der Waals surface area contributed by atoms with E-state index in [0.717, 1.165) is 18.6 Å². The zero-order valence-electron chi connectivity index (χ0n) is 11.4. The fraction of sp³-hybridized carbons (Fsp3) is 0.786. The molecule has 2 saturated heterocycles. The number of aromatic nitrogens is 1. The summed E-state index contributed by atoms with van der Waals surface area (Å²) in [5.41, 5.74) is 1.21. The molecule has 0 spiro atoms. The zero-order valence-corrected chi connectivity index (χ0v) is 12.2. The van der Waals surface area contributed by atoms with Gasteiger partial charge < -0.3 is 10.2 Å². The van der Waals surface area contributed by atoms with Gasteiger partial charge in [-0.05, 0) is 39.7 Å². The number of aryl methyl sites for hydroxylation is 1. The summed E-state index contributed by atoms with van der Waals surface area (Å²) in [6.07, 6.45) is 6.84. The van der Waals surface area contributed by atoms with Crippen molar-refractivity contribution in [3.05, 3.63) is 16.1 Å². The molecule has 2 aliphatic rings. The van der Waals surface area contributed by atoms with Crippen LogP contribution in [0.1, 0.15) is 42.8 Å². The van der Waals surface area contributed by atoms with E-state index in [4.69, 9.17) is 0 Å². The van der Waals surface area contributed by atoms with Crippen molar-refractivity contribution in [3.8, 4) is 0 Å². The highest BCUT2D eigenvalue weighted by Gasteiger charge is 2.35. The summed E-state index contributed by atoms with van der Waals surface area (Å²) in [6, 6.07) is 2.32. The highest BCUT2D eigenvalue weighted by Crippen LogP contribution is 2.32. The van der Waals surface area contributed by atoms with Crippen molar-refractivity contribution in [1.29, 1.82) is 0 Å². The molecule has 0 saturated carbocycles. The molecule has 100 valence electrons. The SMILES string of the molecule is Cc1nc(CNC2CC3CCCC(C2)N3C)cs1. The van der Waals surface area contributed by atoms with Gasteiger partial charge in [-0.25, -0.2) is 4.98 Å². The van der Waals surface area contributed by atoms with Crippen molar-refractivity contribution >= 4 is 11.3 Å². The Morgan fingerprint density at radius 2 is 2.11 bits per heavy atom. The second kappa shape index (κ2) is 5.27. The third-order valence-corrected chi connectivity index (χ3v) is 5.40. The fourth-order valence-electron chi connectivity index (χ4n) is 3.52.